The van der Waals surface area contributed by atoms with E-state index in [-0.39, 0.29) is 29.5 Å². The zero-order chi connectivity index (χ0) is 18.8. The number of furan rings is 1. The first kappa shape index (κ1) is 17.3. The molecule has 1 aliphatic carbocycles. The van der Waals surface area contributed by atoms with Crippen LogP contribution in [0.2, 0.25) is 0 Å². The van der Waals surface area contributed by atoms with Crippen LogP contribution >= 0.6 is 0 Å². The van der Waals surface area contributed by atoms with Crippen molar-refractivity contribution in [3.63, 3.8) is 0 Å². The number of amides is 3. The summed E-state index contributed by atoms with van der Waals surface area (Å²) in [5.41, 5.74) is 1.13. The van der Waals surface area contributed by atoms with Crippen LogP contribution < -0.4 is 16.0 Å². The monoisotopic (exact) mass is 367 g/mol. The summed E-state index contributed by atoms with van der Waals surface area (Å²) in [6.45, 7) is 0.649. The number of carbonyl (C=O) groups excluding carboxylic acids is 3. The molecule has 4 rings (SSSR count). The molecule has 1 saturated heterocycles. The van der Waals surface area contributed by atoms with Gasteiger partial charge < -0.3 is 20.4 Å². The summed E-state index contributed by atoms with van der Waals surface area (Å²) in [5, 5.41) is 8.40. The third-order valence-corrected chi connectivity index (χ3v) is 4.74. The van der Waals surface area contributed by atoms with E-state index in [1.807, 2.05) is 6.07 Å². The number of piperidine rings is 1. The summed E-state index contributed by atoms with van der Waals surface area (Å²) in [7, 11) is 0. The third-order valence-electron chi connectivity index (χ3n) is 4.74. The molecule has 1 aromatic carbocycles. The molecule has 140 valence electrons. The van der Waals surface area contributed by atoms with E-state index < -0.39 is 6.04 Å². The summed E-state index contributed by atoms with van der Waals surface area (Å²) in [4.78, 5) is 36.4. The van der Waals surface area contributed by atoms with E-state index in [2.05, 4.69) is 16.0 Å². The number of hydrogen-bond acceptors (Lipinski definition) is 4. The molecule has 27 heavy (non-hydrogen) atoms. The van der Waals surface area contributed by atoms with E-state index in [4.69, 9.17) is 4.42 Å². The Labute approximate surface area is 156 Å². The van der Waals surface area contributed by atoms with Crippen LogP contribution in [0, 0.1) is 0 Å². The molecule has 2 fully saturated rings. The van der Waals surface area contributed by atoms with Crippen molar-refractivity contribution in [1.82, 2.24) is 16.0 Å². The summed E-state index contributed by atoms with van der Waals surface area (Å²) >= 11 is 0. The molecule has 2 aromatic rings. The largest absolute Gasteiger partial charge is 0.451 e. The molecule has 0 spiro atoms. The van der Waals surface area contributed by atoms with E-state index in [1.165, 1.54) is 0 Å². The van der Waals surface area contributed by atoms with Gasteiger partial charge in [-0.2, -0.15) is 0 Å². The van der Waals surface area contributed by atoms with Gasteiger partial charge in [0, 0.05) is 23.7 Å². The minimum atomic E-state index is -0.503. The van der Waals surface area contributed by atoms with Crippen molar-refractivity contribution in [2.45, 2.75) is 37.8 Å². The SMILES string of the molecule is O=C(N[C@@H]1CCCNC1=O)c1cccc(-c2ccc(C(=O)NC3CC3)o2)c1. The van der Waals surface area contributed by atoms with Crippen LogP contribution in [0.3, 0.4) is 0 Å². The number of carbonyl (C=O) groups is 3. The molecule has 1 aromatic heterocycles. The van der Waals surface area contributed by atoms with Crippen LogP contribution in [0.25, 0.3) is 11.3 Å². The van der Waals surface area contributed by atoms with Crippen molar-refractivity contribution in [3.8, 4) is 11.3 Å². The fraction of sp³-hybridized carbons (Fsp3) is 0.350. The minimum Gasteiger partial charge on any atom is -0.451 e. The zero-order valence-corrected chi connectivity index (χ0v) is 14.8. The predicted octanol–water partition coefficient (Wildman–Crippen LogP) is 1.85. The minimum absolute atomic E-state index is 0.150. The Bertz CT molecular complexity index is 885. The predicted molar refractivity (Wildman–Crippen MR) is 98.1 cm³/mol. The highest BCUT2D eigenvalue weighted by molar-refractivity contribution is 5.98. The molecule has 1 aliphatic heterocycles. The Morgan fingerprint density at radius 2 is 1.89 bits per heavy atom. The smallest absolute Gasteiger partial charge is 0.287 e. The van der Waals surface area contributed by atoms with E-state index in [9.17, 15) is 14.4 Å². The van der Waals surface area contributed by atoms with Crippen molar-refractivity contribution in [2.24, 2.45) is 0 Å². The number of benzene rings is 1. The van der Waals surface area contributed by atoms with Gasteiger partial charge in [0.25, 0.3) is 11.8 Å². The maximum absolute atomic E-state index is 12.5. The van der Waals surface area contributed by atoms with E-state index >= 15 is 0 Å². The molecule has 7 nitrogen and oxygen atoms in total. The number of hydrogen-bond donors (Lipinski definition) is 3. The quantitative estimate of drug-likeness (QED) is 0.751. The van der Waals surface area contributed by atoms with Gasteiger partial charge >= 0.3 is 0 Å². The van der Waals surface area contributed by atoms with Crippen LogP contribution in [-0.4, -0.2) is 36.3 Å². The maximum atomic E-state index is 12.5. The summed E-state index contributed by atoms with van der Waals surface area (Å²) in [5.74, 6) is 0.0906. The highest BCUT2D eigenvalue weighted by Crippen LogP contribution is 2.25. The second-order valence-electron chi connectivity index (χ2n) is 6.95. The van der Waals surface area contributed by atoms with Crippen molar-refractivity contribution >= 4 is 17.7 Å². The van der Waals surface area contributed by atoms with E-state index in [1.54, 1.807) is 30.3 Å². The van der Waals surface area contributed by atoms with Gasteiger partial charge in [-0.3, -0.25) is 14.4 Å². The molecular weight excluding hydrogens is 346 g/mol. The van der Waals surface area contributed by atoms with E-state index in [0.717, 1.165) is 19.3 Å². The fourth-order valence-corrected chi connectivity index (χ4v) is 3.06. The fourth-order valence-electron chi connectivity index (χ4n) is 3.06. The summed E-state index contributed by atoms with van der Waals surface area (Å²) in [6.07, 6.45) is 3.49. The van der Waals surface area contributed by atoms with Gasteiger partial charge in [-0.15, -0.1) is 0 Å². The Morgan fingerprint density at radius 1 is 1.04 bits per heavy atom. The molecule has 1 atom stereocenters. The van der Waals surface area contributed by atoms with Crippen LogP contribution in [0.5, 0.6) is 0 Å². The molecule has 7 heteroatoms. The number of rotatable bonds is 5. The van der Waals surface area contributed by atoms with Gasteiger partial charge in [-0.05, 0) is 49.9 Å². The molecule has 0 unspecified atom stereocenters. The lowest BCUT2D eigenvalue weighted by molar-refractivity contribution is -0.124. The van der Waals surface area contributed by atoms with Gasteiger partial charge in [0.1, 0.15) is 11.8 Å². The van der Waals surface area contributed by atoms with Crippen molar-refractivity contribution in [3.05, 3.63) is 47.7 Å². The molecule has 0 bridgehead atoms. The lowest BCUT2D eigenvalue weighted by atomic mass is 10.0. The third kappa shape index (κ3) is 4.02. The van der Waals surface area contributed by atoms with Gasteiger partial charge in [-0.25, -0.2) is 0 Å². The lowest BCUT2D eigenvalue weighted by Gasteiger charge is -2.22. The molecule has 1 saturated carbocycles. The Hall–Kier alpha value is -3.09. The lowest BCUT2D eigenvalue weighted by Crippen LogP contribution is -2.50. The van der Waals surface area contributed by atoms with Crippen LogP contribution in [-0.2, 0) is 4.79 Å². The molecule has 2 aliphatic rings. The molecule has 2 heterocycles. The summed E-state index contributed by atoms with van der Waals surface area (Å²) in [6, 6.07) is 10.0. The topological polar surface area (TPSA) is 100 Å². The highest BCUT2D eigenvalue weighted by atomic mass is 16.3. The van der Waals surface area contributed by atoms with Crippen molar-refractivity contribution in [2.75, 3.05) is 6.54 Å². The standard InChI is InChI=1S/C20H21N3O4/c24-18(23-15-5-2-10-21-19(15)25)13-4-1-3-12(11-13)16-8-9-17(27-16)20(26)22-14-6-7-14/h1,3-4,8-9,11,14-15H,2,5-7,10H2,(H,21,25)(H,22,26)(H,23,24)/t15-/m1/s1. The average Bonchev–Trinajstić information content (AvgIpc) is 3.35. The van der Waals surface area contributed by atoms with Gasteiger partial charge in [0.05, 0.1) is 0 Å². The van der Waals surface area contributed by atoms with Gasteiger partial charge in [0.2, 0.25) is 5.91 Å². The molecule has 0 radical (unpaired) electrons. The molecular formula is C20H21N3O4. The summed E-state index contributed by atoms with van der Waals surface area (Å²) < 4.78 is 5.65. The van der Waals surface area contributed by atoms with Crippen LogP contribution in [0.4, 0.5) is 0 Å². The normalized spacial score (nSPS) is 19.3. The Balaban J connectivity index is 1.47. The first-order chi connectivity index (χ1) is 13.1. The van der Waals surface area contributed by atoms with Gasteiger partial charge in [0.15, 0.2) is 5.76 Å². The van der Waals surface area contributed by atoms with E-state index in [0.29, 0.717) is 29.9 Å². The van der Waals surface area contributed by atoms with Crippen LogP contribution in [0.1, 0.15) is 46.6 Å². The second kappa shape index (κ2) is 7.26. The maximum Gasteiger partial charge on any atom is 0.287 e. The first-order valence-electron chi connectivity index (χ1n) is 9.20. The number of nitrogens with one attached hydrogen (secondary N) is 3. The molecule has 3 amide bonds. The zero-order valence-electron chi connectivity index (χ0n) is 14.8. The van der Waals surface area contributed by atoms with Crippen molar-refractivity contribution < 1.29 is 18.8 Å². The second-order valence-corrected chi connectivity index (χ2v) is 6.95. The van der Waals surface area contributed by atoms with Gasteiger partial charge in [-0.1, -0.05) is 12.1 Å². The van der Waals surface area contributed by atoms with Crippen LogP contribution in [0.15, 0.2) is 40.8 Å². The Kier molecular flexibility index (Phi) is 4.66. The Morgan fingerprint density at radius 3 is 2.67 bits per heavy atom. The first-order valence-corrected chi connectivity index (χ1v) is 9.20. The highest BCUT2D eigenvalue weighted by Gasteiger charge is 2.26. The molecule has 3 N–H and O–H groups in total. The van der Waals surface area contributed by atoms with Crippen molar-refractivity contribution in [1.29, 1.82) is 0 Å². The average molecular weight is 367 g/mol.